The second-order valence-electron chi connectivity index (χ2n) is 6.62. The summed E-state index contributed by atoms with van der Waals surface area (Å²) in [4.78, 5) is 2.68. The van der Waals surface area contributed by atoms with Crippen LogP contribution in [0.3, 0.4) is 0 Å². The van der Waals surface area contributed by atoms with Gasteiger partial charge in [-0.3, -0.25) is 10.2 Å². The van der Waals surface area contributed by atoms with Crippen molar-refractivity contribution in [1.29, 1.82) is 5.26 Å². The van der Waals surface area contributed by atoms with E-state index in [0.717, 1.165) is 31.7 Å². The Labute approximate surface area is 118 Å². The molecule has 0 spiro atoms. The molecule has 0 aromatic rings. The summed E-state index contributed by atoms with van der Waals surface area (Å²) in [5.74, 6) is 0.800. The Morgan fingerprint density at radius 1 is 1.37 bits per heavy atom. The van der Waals surface area contributed by atoms with Crippen molar-refractivity contribution in [3.8, 4) is 6.07 Å². The van der Waals surface area contributed by atoms with E-state index in [2.05, 4.69) is 37.1 Å². The van der Waals surface area contributed by atoms with Gasteiger partial charge in [-0.2, -0.15) is 5.26 Å². The van der Waals surface area contributed by atoms with Gasteiger partial charge in [-0.1, -0.05) is 13.8 Å². The molecule has 0 aromatic heterocycles. The third kappa shape index (κ3) is 3.12. The van der Waals surface area contributed by atoms with Gasteiger partial charge in [-0.05, 0) is 64.5 Å². The van der Waals surface area contributed by atoms with E-state index in [9.17, 15) is 5.26 Å². The molecule has 0 aromatic carbocycles. The molecule has 3 heteroatoms. The maximum Gasteiger partial charge on any atom is 0.108 e. The van der Waals surface area contributed by atoms with Gasteiger partial charge in [0.05, 0.1) is 6.07 Å². The molecule has 0 amide bonds. The number of likely N-dealkylation sites (tertiary alicyclic amines) is 1. The second-order valence-corrected chi connectivity index (χ2v) is 6.62. The fraction of sp³-hybridized carbons (Fsp3) is 0.938. The Morgan fingerprint density at radius 2 is 2.16 bits per heavy atom. The van der Waals surface area contributed by atoms with Crippen LogP contribution in [0.2, 0.25) is 0 Å². The fourth-order valence-electron chi connectivity index (χ4n) is 3.85. The van der Waals surface area contributed by atoms with Gasteiger partial charge < -0.3 is 0 Å². The van der Waals surface area contributed by atoms with E-state index in [1.54, 1.807) is 0 Å². The molecule has 1 aliphatic heterocycles. The maximum atomic E-state index is 9.55. The first-order valence-electron chi connectivity index (χ1n) is 8.04. The predicted molar refractivity (Wildman–Crippen MR) is 78.8 cm³/mol. The predicted octanol–water partition coefficient (Wildman–Crippen LogP) is 2.92. The van der Waals surface area contributed by atoms with Crippen LogP contribution < -0.4 is 5.32 Å². The van der Waals surface area contributed by atoms with E-state index in [1.165, 1.54) is 25.8 Å². The van der Waals surface area contributed by atoms with Gasteiger partial charge in [0.25, 0.3) is 0 Å². The third-order valence-corrected chi connectivity index (χ3v) is 5.31. The Morgan fingerprint density at radius 3 is 2.84 bits per heavy atom. The molecular weight excluding hydrogens is 234 g/mol. The number of hydrogen-bond acceptors (Lipinski definition) is 3. The topological polar surface area (TPSA) is 39.1 Å². The average Bonchev–Trinajstić information content (AvgIpc) is 2.84. The average molecular weight is 263 g/mol. The van der Waals surface area contributed by atoms with E-state index in [-0.39, 0.29) is 5.54 Å². The second kappa shape index (κ2) is 6.24. The lowest BCUT2D eigenvalue weighted by Crippen LogP contribution is -2.49. The van der Waals surface area contributed by atoms with E-state index >= 15 is 0 Å². The Hall–Kier alpha value is -0.590. The fourth-order valence-corrected chi connectivity index (χ4v) is 3.85. The minimum atomic E-state index is -0.249. The Balaban J connectivity index is 1.98. The first-order chi connectivity index (χ1) is 9.12. The molecule has 1 heterocycles. The summed E-state index contributed by atoms with van der Waals surface area (Å²) in [6.07, 6.45) is 7.00. The van der Waals surface area contributed by atoms with Crippen molar-refractivity contribution >= 4 is 0 Å². The van der Waals surface area contributed by atoms with Crippen LogP contribution in [-0.2, 0) is 0 Å². The van der Waals surface area contributed by atoms with Crippen molar-refractivity contribution in [2.24, 2.45) is 5.92 Å². The lowest BCUT2D eigenvalue weighted by atomic mass is 9.90. The summed E-state index contributed by atoms with van der Waals surface area (Å²) in [5, 5.41) is 13.0. The highest BCUT2D eigenvalue weighted by Gasteiger charge is 2.43. The number of nitrogens with one attached hydrogen (secondary N) is 1. The molecule has 4 unspecified atom stereocenters. The highest BCUT2D eigenvalue weighted by molar-refractivity contribution is 5.13. The van der Waals surface area contributed by atoms with Crippen LogP contribution in [0.1, 0.15) is 59.3 Å². The lowest BCUT2D eigenvalue weighted by Gasteiger charge is -2.42. The first-order valence-corrected chi connectivity index (χ1v) is 8.04. The molecule has 19 heavy (non-hydrogen) atoms. The molecule has 1 N–H and O–H groups in total. The van der Waals surface area contributed by atoms with E-state index in [0.29, 0.717) is 12.1 Å². The van der Waals surface area contributed by atoms with Crippen molar-refractivity contribution in [3.05, 3.63) is 0 Å². The van der Waals surface area contributed by atoms with Gasteiger partial charge in [-0.25, -0.2) is 0 Å². The van der Waals surface area contributed by atoms with Crippen molar-refractivity contribution < 1.29 is 0 Å². The molecule has 2 fully saturated rings. The normalized spacial score (nSPS) is 40.2. The van der Waals surface area contributed by atoms with Crippen LogP contribution in [0.15, 0.2) is 0 Å². The summed E-state index contributed by atoms with van der Waals surface area (Å²) in [7, 11) is 0. The summed E-state index contributed by atoms with van der Waals surface area (Å²) in [5.41, 5.74) is -0.249. The minimum Gasteiger partial charge on any atom is -0.299 e. The molecule has 0 bridgehead atoms. The SMILES string of the molecule is CCCNC1(C#N)CCC(N2CCCC(C)C2C)C1. The summed E-state index contributed by atoms with van der Waals surface area (Å²) in [6, 6.07) is 3.86. The van der Waals surface area contributed by atoms with Gasteiger partial charge in [0, 0.05) is 12.1 Å². The minimum absolute atomic E-state index is 0.249. The zero-order valence-corrected chi connectivity index (χ0v) is 12.8. The third-order valence-electron chi connectivity index (χ3n) is 5.31. The molecule has 1 aliphatic carbocycles. The number of nitriles is 1. The molecular formula is C16H29N3. The first kappa shape index (κ1) is 14.8. The Kier molecular flexibility index (Phi) is 4.86. The molecule has 2 rings (SSSR count). The van der Waals surface area contributed by atoms with Crippen LogP contribution in [-0.4, -0.2) is 35.6 Å². The molecule has 4 atom stereocenters. The molecule has 2 aliphatic rings. The van der Waals surface area contributed by atoms with E-state index in [4.69, 9.17) is 0 Å². The Bertz CT molecular complexity index is 335. The van der Waals surface area contributed by atoms with Crippen molar-refractivity contribution in [3.63, 3.8) is 0 Å². The zero-order chi connectivity index (χ0) is 13.9. The molecule has 0 radical (unpaired) electrons. The summed E-state index contributed by atoms with van der Waals surface area (Å²) < 4.78 is 0. The summed E-state index contributed by atoms with van der Waals surface area (Å²) in [6.45, 7) is 9.10. The number of rotatable bonds is 4. The number of nitrogens with zero attached hydrogens (tertiary/aromatic N) is 2. The molecule has 108 valence electrons. The van der Waals surface area contributed by atoms with Gasteiger partial charge in [0.15, 0.2) is 0 Å². The van der Waals surface area contributed by atoms with Crippen molar-refractivity contribution in [2.75, 3.05) is 13.1 Å². The zero-order valence-electron chi connectivity index (χ0n) is 12.8. The van der Waals surface area contributed by atoms with Crippen LogP contribution in [0.5, 0.6) is 0 Å². The highest BCUT2D eigenvalue weighted by atomic mass is 15.2. The van der Waals surface area contributed by atoms with E-state index in [1.807, 2.05) is 0 Å². The smallest absolute Gasteiger partial charge is 0.108 e. The van der Waals surface area contributed by atoms with Crippen molar-refractivity contribution in [1.82, 2.24) is 10.2 Å². The van der Waals surface area contributed by atoms with Crippen LogP contribution in [0.4, 0.5) is 0 Å². The van der Waals surface area contributed by atoms with Crippen LogP contribution >= 0.6 is 0 Å². The largest absolute Gasteiger partial charge is 0.299 e. The van der Waals surface area contributed by atoms with E-state index < -0.39 is 0 Å². The highest BCUT2D eigenvalue weighted by Crippen LogP contribution is 2.36. The number of piperidine rings is 1. The number of hydrogen-bond donors (Lipinski definition) is 1. The van der Waals surface area contributed by atoms with Gasteiger partial charge in [0.1, 0.15) is 5.54 Å². The van der Waals surface area contributed by atoms with Crippen LogP contribution in [0.25, 0.3) is 0 Å². The maximum absolute atomic E-state index is 9.55. The quantitative estimate of drug-likeness (QED) is 0.847. The van der Waals surface area contributed by atoms with Crippen molar-refractivity contribution in [2.45, 2.75) is 76.9 Å². The standard InChI is InChI=1S/C16H29N3/c1-4-9-18-16(12-17)8-7-15(11-16)19-10-5-6-13(2)14(19)3/h13-15,18H,4-11H2,1-3H3. The van der Waals surface area contributed by atoms with Gasteiger partial charge in [0.2, 0.25) is 0 Å². The lowest BCUT2D eigenvalue weighted by molar-refractivity contribution is 0.0682. The monoisotopic (exact) mass is 263 g/mol. The van der Waals surface area contributed by atoms with Gasteiger partial charge >= 0.3 is 0 Å². The van der Waals surface area contributed by atoms with Gasteiger partial charge in [-0.15, -0.1) is 0 Å². The molecule has 1 saturated carbocycles. The molecule has 1 saturated heterocycles. The molecule has 3 nitrogen and oxygen atoms in total. The van der Waals surface area contributed by atoms with Crippen LogP contribution in [0, 0.1) is 17.2 Å². The summed E-state index contributed by atoms with van der Waals surface area (Å²) >= 11 is 0.